The fourth-order valence-corrected chi connectivity index (χ4v) is 2.81. The molecule has 0 radical (unpaired) electrons. The van der Waals surface area contributed by atoms with Gasteiger partial charge in [-0.2, -0.15) is 0 Å². The smallest absolute Gasteiger partial charge is 0.398 e. The van der Waals surface area contributed by atoms with Crippen LogP contribution in [0.2, 0.25) is 0 Å². The van der Waals surface area contributed by atoms with E-state index in [0.29, 0.717) is 5.75 Å². The van der Waals surface area contributed by atoms with Gasteiger partial charge >= 0.3 is 7.12 Å². The van der Waals surface area contributed by atoms with Crippen LogP contribution in [0.3, 0.4) is 0 Å². The summed E-state index contributed by atoms with van der Waals surface area (Å²) in [6.45, 7) is 10.0. The molecule has 0 saturated carbocycles. The molecule has 1 aliphatic heterocycles. The molecule has 0 spiro atoms. The molecule has 0 N–H and O–H groups in total. The number of rotatable bonds is 3. The van der Waals surface area contributed by atoms with Gasteiger partial charge in [0.25, 0.3) is 0 Å². The van der Waals surface area contributed by atoms with E-state index in [2.05, 4.69) is 4.98 Å². The van der Waals surface area contributed by atoms with Crippen molar-refractivity contribution in [2.75, 3.05) is 6.26 Å². The van der Waals surface area contributed by atoms with Crippen LogP contribution in [0, 0.1) is 6.92 Å². The molecule has 0 aliphatic carbocycles. The average Bonchev–Trinajstić information content (AvgIpc) is 2.46. The number of hydrogen-bond acceptors (Lipinski definition) is 4. The van der Waals surface area contributed by atoms with Gasteiger partial charge in [-0.3, -0.25) is 9.19 Å². The lowest BCUT2D eigenvalue weighted by Crippen LogP contribution is -2.41. The van der Waals surface area contributed by atoms with E-state index >= 15 is 0 Å². The maximum atomic E-state index is 11.4. The Kier molecular flexibility index (Phi) is 4.11. The summed E-state index contributed by atoms with van der Waals surface area (Å²) in [6, 6.07) is 3.88. The number of pyridine rings is 1. The van der Waals surface area contributed by atoms with Gasteiger partial charge in [-0.1, -0.05) is 0 Å². The first-order chi connectivity index (χ1) is 9.10. The van der Waals surface area contributed by atoms with Gasteiger partial charge in [-0.05, 0) is 52.3 Å². The molecule has 110 valence electrons. The van der Waals surface area contributed by atoms with Crippen molar-refractivity contribution in [3.05, 3.63) is 23.4 Å². The zero-order chi connectivity index (χ0) is 15.1. The molecule has 4 nitrogen and oxygen atoms in total. The molecular weight excluding hydrogens is 273 g/mol. The maximum absolute atomic E-state index is 11.4. The Morgan fingerprint density at radius 1 is 1.20 bits per heavy atom. The Bertz CT molecular complexity index is 529. The van der Waals surface area contributed by atoms with Gasteiger partial charge < -0.3 is 9.31 Å². The van der Waals surface area contributed by atoms with E-state index in [1.165, 1.54) is 0 Å². The summed E-state index contributed by atoms with van der Waals surface area (Å²) in [5.41, 5.74) is 1.89. The molecule has 1 aromatic rings. The molecule has 6 heteroatoms. The van der Waals surface area contributed by atoms with Gasteiger partial charge in [0, 0.05) is 28.5 Å². The summed E-state index contributed by atoms with van der Waals surface area (Å²) < 4.78 is 23.4. The summed E-state index contributed by atoms with van der Waals surface area (Å²) in [5.74, 6) is 0.524. The number of aromatic nitrogens is 1. The van der Waals surface area contributed by atoms with Gasteiger partial charge in [0.2, 0.25) is 0 Å². The third-order valence-electron chi connectivity index (χ3n) is 3.90. The quantitative estimate of drug-likeness (QED) is 0.794. The molecule has 1 atom stereocenters. The summed E-state index contributed by atoms with van der Waals surface area (Å²) in [7, 11) is -1.34. The molecular formula is C14H22BNO3S. The number of nitrogens with zero attached hydrogens (tertiary/aromatic N) is 1. The molecule has 20 heavy (non-hydrogen) atoms. The molecule has 1 unspecified atom stereocenters. The molecule has 2 heterocycles. The van der Waals surface area contributed by atoms with E-state index in [1.807, 2.05) is 46.8 Å². The van der Waals surface area contributed by atoms with E-state index in [9.17, 15) is 4.21 Å². The van der Waals surface area contributed by atoms with Crippen LogP contribution in [0.5, 0.6) is 0 Å². The highest BCUT2D eigenvalue weighted by molar-refractivity contribution is 7.83. The van der Waals surface area contributed by atoms with E-state index in [4.69, 9.17) is 9.31 Å². The zero-order valence-electron chi connectivity index (χ0n) is 13.0. The van der Waals surface area contributed by atoms with Crippen molar-refractivity contribution in [2.24, 2.45) is 0 Å². The lowest BCUT2D eigenvalue weighted by molar-refractivity contribution is 0.00578. The average molecular weight is 295 g/mol. The largest absolute Gasteiger partial charge is 0.514 e. The van der Waals surface area contributed by atoms with Crippen molar-refractivity contribution in [3.8, 4) is 0 Å². The van der Waals surface area contributed by atoms with Crippen molar-refractivity contribution in [1.82, 2.24) is 4.98 Å². The predicted molar refractivity (Wildman–Crippen MR) is 82.5 cm³/mol. The number of aryl methyl sites for hydroxylation is 1. The second-order valence-electron chi connectivity index (χ2n) is 6.35. The Balaban J connectivity index is 2.30. The van der Waals surface area contributed by atoms with E-state index in [-0.39, 0.29) is 11.2 Å². The normalized spacial score (nSPS) is 22.0. The van der Waals surface area contributed by atoms with Crippen LogP contribution in [0.1, 0.15) is 39.0 Å². The summed E-state index contributed by atoms with van der Waals surface area (Å²) in [4.78, 5) is 4.51. The van der Waals surface area contributed by atoms with Crippen LogP contribution in [0.4, 0.5) is 0 Å². The Hall–Kier alpha value is -0.715. The highest BCUT2D eigenvalue weighted by atomic mass is 32.2. The zero-order valence-corrected chi connectivity index (χ0v) is 13.8. The Morgan fingerprint density at radius 3 is 2.25 bits per heavy atom. The minimum absolute atomic E-state index is 0.378. The predicted octanol–water partition coefficient (Wildman–Crippen LogP) is 1.57. The number of hydrogen-bond donors (Lipinski definition) is 0. The van der Waals surface area contributed by atoms with Crippen LogP contribution in [0.15, 0.2) is 12.1 Å². The first-order valence-corrected chi connectivity index (χ1v) is 8.46. The summed E-state index contributed by atoms with van der Waals surface area (Å²) in [5, 5.41) is 0. The highest BCUT2D eigenvalue weighted by Crippen LogP contribution is 2.36. The van der Waals surface area contributed by atoms with Crippen LogP contribution >= 0.6 is 0 Å². The van der Waals surface area contributed by atoms with Crippen LogP contribution in [-0.4, -0.2) is 33.8 Å². The first kappa shape index (κ1) is 15.7. The molecule has 1 saturated heterocycles. The molecule has 0 amide bonds. The Morgan fingerprint density at radius 2 is 1.75 bits per heavy atom. The second kappa shape index (κ2) is 5.24. The summed E-state index contributed by atoms with van der Waals surface area (Å²) >= 11 is 0. The van der Waals surface area contributed by atoms with Crippen molar-refractivity contribution >= 4 is 23.5 Å². The lowest BCUT2D eigenvalue weighted by atomic mass is 9.83. The molecule has 1 fully saturated rings. The van der Waals surface area contributed by atoms with Gasteiger partial charge in [0.1, 0.15) is 0 Å². The van der Waals surface area contributed by atoms with E-state index in [0.717, 1.165) is 16.9 Å². The van der Waals surface area contributed by atoms with Gasteiger partial charge in [-0.15, -0.1) is 0 Å². The minimum atomic E-state index is -0.875. The Labute approximate surface area is 123 Å². The maximum Gasteiger partial charge on any atom is 0.514 e. The summed E-state index contributed by atoms with van der Waals surface area (Å²) in [6.07, 6.45) is 1.70. The van der Waals surface area contributed by atoms with E-state index in [1.54, 1.807) is 6.26 Å². The highest BCUT2D eigenvalue weighted by Gasteiger charge is 2.52. The molecule has 0 aromatic carbocycles. The van der Waals surface area contributed by atoms with Crippen LogP contribution in [0.25, 0.3) is 0 Å². The second-order valence-corrected chi connectivity index (χ2v) is 7.78. The van der Waals surface area contributed by atoms with Crippen LogP contribution in [-0.2, 0) is 25.9 Å². The lowest BCUT2D eigenvalue weighted by Gasteiger charge is -2.32. The first-order valence-electron chi connectivity index (χ1n) is 6.74. The SMILES string of the molecule is Cc1cc(CS(C)=O)cc(B2OC(C)(C)C(C)(C)O2)n1. The van der Waals surface area contributed by atoms with Crippen molar-refractivity contribution in [3.63, 3.8) is 0 Å². The van der Waals surface area contributed by atoms with Crippen molar-refractivity contribution in [2.45, 2.75) is 51.6 Å². The van der Waals surface area contributed by atoms with Crippen molar-refractivity contribution < 1.29 is 13.5 Å². The molecule has 1 aliphatic rings. The molecule has 0 bridgehead atoms. The topological polar surface area (TPSA) is 48.4 Å². The third-order valence-corrected chi connectivity index (χ3v) is 4.64. The van der Waals surface area contributed by atoms with Gasteiger partial charge in [-0.25, -0.2) is 0 Å². The van der Waals surface area contributed by atoms with Gasteiger partial charge in [0.05, 0.1) is 16.8 Å². The fraction of sp³-hybridized carbons (Fsp3) is 0.643. The van der Waals surface area contributed by atoms with Gasteiger partial charge in [0.15, 0.2) is 0 Å². The molecule has 1 aromatic heterocycles. The third kappa shape index (κ3) is 3.13. The van der Waals surface area contributed by atoms with Crippen LogP contribution < -0.4 is 5.59 Å². The minimum Gasteiger partial charge on any atom is -0.398 e. The van der Waals surface area contributed by atoms with Crippen molar-refractivity contribution in [1.29, 1.82) is 0 Å². The fourth-order valence-electron chi connectivity index (χ4n) is 2.17. The molecule has 2 rings (SSSR count). The monoisotopic (exact) mass is 295 g/mol. The standard InChI is InChI=1S/C14H22BNO3S/c1-10-7-11(9-20(6)17)8-12(16-10)15-18-13(2,3)14(4,5)19-15/h7-8H,9H2,1-6H3. The van der Waals surface area contributed by atoms with E-state index < -0.39 is 17.9 Å².